The second-order valence-electron chi connectivity index (χ2n) is 3.79. The van der Waals surface area contributed by atoms with Gasteiger partial charge in [0.05, 0.1) is 0 Å². The molecule has 2 nitrogen and oxygen atoms in total. The molecule has 1 aromatic rings. The fraction of sp³-hybridized carbons (Fsp3) is 0.455. The number of thioether (sulfide) groups is 1. The molecule has 15 heavy (non-hydrogen) atoms. The second-order valence-corrected chi connectivity index (χ2v) is 5.76. The van der Waals surface area contributed by atoms with Gasteiger partial charge in [-0.05, 0) is 37.6 Å². The van der Waals surface area contributed by atoms with E-state index in [-0.39, 0.29) is 0 Å². The number of benzene rings is 1. The fourth-order valence-corrected chi connectivity index (χ4v) is 3.35. The van der Waals surface area contributed by atoms with Crippen LogP contribution < -0.4 is 11.1 Å². The smallest absolute Gasteiger partial charge is 0.0453 e. The van der Waals surface area contributed by atoms with Gasteiger partial charge < -0.3 is 11.1 Å². The molecule has 1 aliphatic rings. The quantitative estimate of drug-likeness (QED) is 0.663. The molecule has 0 radical (unpaired) electrons. The van der Waals surface area contributed by atoms with Crippen LogP contribution in [0.5, 0.6) is 0 Å². The van der Waals surface area contributed by atoms with Gasteiger partial charge in [-0.25, -0.2) is 0 Å². The van der Waals surface area contributed by atoms with Crippen molar-refractivity contribution < 1.29 is 0 Å². The molecule has 2 rings (SSSR count). The number of nitrogen functional groups attached to an aromatic ring is 1. The normalized spacial score (nSPS) is 20.7. The summed E-state index contributed by atoms with van der Waals surface area (Å²) in [7, 11) is 0. The Hall–Kier alpha value is -0.190. The molecular weight excluding hydrogens is 272 g/mol. The maximum Gasteiger partial charge on any atom is 0.0453 e. The van der Waals surface area contributed by atoms with Crippen LogP contribution in [0.2, 0.25) is 0 Å². The summed E-state index contributed by atoms with van der Waals surface area (Å²) >= 11 is 5.31. The van der Waals surface area contributed by atoms with Gasteiger partial charge in [0.2, 0.25) is 0 Å². The molecule has 1 atom stereocenters. The van der Waals surface area contributed by atoms with Gasteiger partial charge in [0.15, 0.2) is 0 Å². The van der Waals surface area contributed by atoms with E-state index in [9.17, 15) is 0 Å². The first-order valence-corrected chi connectivity index (χ1v) is 6.95. The van der Waals surface area contributed by atoms with Crippen LogP contribution in [0.3, 0.4) is 0 Å². The lowest BCUT2D eigenvalue weighted by Crippen LogP contribution is -2.23. The summed E-state index contributed by atoms with van der Waals surface area (Å²) in [6, 6.07) is 6.68. The molecule has 0 spiro atoms. The van der Waals surface area contributed by atoms with E-state index >= 15 is 0 Å². The summed E-state index contributed by atoms with van der Waals surface area (Å²) in [5, 5.41) is 3.49. The Kier molecular flexibility index (Phi) is 3.94. The van der Waals surface area contributed by atoms with E-state index in [4.69, 9.17) is 5.73 Å². The van der Waals surface area contributed by atoms with Gasteiger partial charge in [-0.1, -0.05) is 15.9 Å². The van der Waals surface area contributed by atoms with Crippen LogP contribution in [0, 0.1) is 0 Å². The highest BCUT2D eigenvalue weighted by Gasteiger charge is 2.14. The molecule has 1 fully saturated rings. The molecule has 0 amide bonds. The minimum atomic E-state index is 0.661. The van der Waals surface area contributed by atoms with Crippen LogP contribution in [0.15, 0.2) is 27.6 Å². The molecule has 3 N–H and O–H groups in total. The van der Waals surface area contributed by atoms with E-state index in [1.807, 2.05) is 23.9 Å². The average molecular weight is 287 g/mol. The predicted octanol–water partition coefficient (Wildman–Crippen LogP) is 2.88. The lowest BCUT2D eigenvalue weighted by molar-refractivity contribution is 0.674. The molecule has 82 valence electrons. The molecular formula is C11H15BrN2S. The summed E-state index contributed by atoms with van der Waals surface area (Å²) in [5.74, 6) is 1.11. The molecule has 1 aromatic carbocycles. The van der Waals surface area contributed by atoms with Crippen molar-refractivity contribution in [2.45, 2.75) is 23.8 Å². The van der Waals surface area contributed by atoms with E-state index in [1.165, 1.54) is 24.3 Å². The Labute approximate surface area is 103 Å². The van der Waals surface area contributed by atoms with Crippen molar-refractivity contribution in [3.05, 3.63) is 22.7 Å². The first kappa shape index (κ1) is 11.3. The lowest BCUT2D eigenvalue weighted by atomic mass is 10.3. The minimum absolute atomic E-state index is 0.661. The summed E-state index contributed by atoms with van der Waals surface area (Å²) in [6.45, 7) is 1.17. The van der Waals surface area contributed by atoms with Crippen LogP contribution in [0.1, 0.15) is 12.8 Å². The zero-order valence-electron chi connectivity index (χ0n) is 8.50. The van der Waals surface area contributed by atoms with Gasteiger partial charge in [-0.3, -0.25) is 0 Å². The highest BCUT2D eigenvalue weighted by Crippen LogP contribution is 2.29. The third kappa shape index (κ3) is 3.13. The number of nitrogens with one attached hydrogen (secondary N) is 1. The number of hydrogen-bond donors (Lipinski definition) is 2. The highest BCUT2D eigenvalue weighted by molar-refractivity contribution is 9.10. The van der Waals surface area contributed by atoms with Gasteiger partial charge in [-0.15, -0.1) is 11.8 Å². The summed E-state index contributed by atoms with van der Waals surface area (Å²) in [5.41, 5.74) is 6.79. The summed E-state index contributed by atoms with van der Waals surface area (Å²) in [6.07, 6.45) is 2.60. The predicted molar refractivity (Wildman–Crippen MR) is 70.3 cm³/mol. The van der Waals surface area contributed by atoms with Crippen LogP contribution in [-0.4, -0.2) is 18.3 Å². The van der Waals surface area contributed by atoms with Gasteiger partial charge >= 0.3 is 0 Å². The first-order valence-electron chi connectivity index (χ1n) is 5.17. The Morgan fingerprint density at radius 1 is 1.53 bits per heavy atom. The molecule has 0 unspecified atom stereocenters. The van der Waals surface area contributed by atoms with E-state index in [1.54, 1.807) is 0 Å². The molecule has 1 saturated heterocycles. The maximum absolute atomic E-state index is 5.91. The van der Waals surface area contributed by atoms with Crippen LogP contribution in [0.4, 0.5) is 5.69 Å². The zero-order valence-corrected chi connectivity index (χ0v) is 10.9. The van der Waals surface area contributed by atoms with Gasteiger partial charge in [-0.2, -0.15) is 0 Å². The largest absolute Gasteiger partial charge is 0.398 e. The van der Waals surface area contributed by atoms with Crippen molar-refractivity contribution in [3.8, 4) is 0 Å². The summed E-state index contributed by atoms with van der Waals surface area (Å²) < 4.78 is 1.10. The van der Waals surface area contributed by atoms with Crippen LogP contribution in [-0.2, 0) is 0 Å². The van der Waals surface area contributed by atoms with Crippen LogP contribution >= 0.6 is 27.7 Å². The average Bonchev–Trinajstić information content (AvgIpc) is 2.72. The monoisotopic (exact) mass is 286 g/mol. The first-order chi connectivity index (χ1) is 7.25. The Morgan fingerprint density at radius 2 is 2.40 bits per heavy atom. The van der Waals surface area contributed by atoms with Gasteiger partial charge in [0.1, 0.15) is 0 Å². The molecule has 0 bridgehead atoms. The molecule has 4 heteroatoms. The summed E-state index contributed by atoms with van der Waals surface area (Å²) in [4.78, 5) is 1.18. The standard InChI is InChI=1S/C11H15BrN2S/c12-8-3-4-10(13)11(6-8)15-7-9-2-1-5-14-9/h3-4,6,9,14H,1-2,5,7,13H2/t9-/m0/s1. The zero-order chi connectivity index (χ0) is 10.7. The topological polar surface area (TPSA) is 38.0 Å². The van der Waals surface area contributed by atoms with E-state index in [2.05, 4.69) is 27.3 Å². The molecule has 1 heterocycles. The van der Waals surface area contributed by atoms with Crippen molar-refractivity contribution in [1.29, 1.82) is 0 Å². The molecule has 1 aliphatic heterocycles. The second kappa shape index (κ2) is 5.23. The van der Waals surface area contributed by atoms with Crippen molar-refractivity contribution in [3.63, 3.8) is 0 Å². The number of hydrogen-bond acceptors (Lipinski definition) is 3. The highest BCUT2D eigenvalue weighted by atomic mass is 79.9. The van der Waals surface area contributed by atoms with E-state index < -0.39 is 0 Å². The third-order valence-electron chi connectivity index (χ3n) is 2.58. The fourth-order valence-electron chi connectivity index (χ4n) is 1.72. The van der Waals surface area contributed by atoms with Crippen LogP contribution in [0.25, 0.3) is 0 Å². The molecule has 0 saturated carbocycles. The number of rotatable bonds is 3. The maximum atomic E-state index is 5.91. The Bertz CT molecular complexity index is 337. The Morgan fingerprint density at radius 3 is 3.13 bits per heavy atom. The minimum Gasteiger partial charge on any atom is -0.398 e. The van der Waals surface area contributed by atoms with Crippen molar-refractivity contribution in [2.75, 3.05) is 18.0 Å². The SMILES string of the molecule is Nc1ccc(Br)cc1SC[C@@H]1CCCN1. The third-order valence-corrected chi connectivity index (χ3v) is 4.30. The molecule has 0 aromatic heterocycles. The number of halogens is 1. The lowest BCUT2D eigenvalue weighted by Gasteiger charge is -2.11. The Balaban J connectivity index is 1.94. The van der Waals surface area contributed by atoms with E-state index in [0.29, 0.717) is 6.04 Å². The van der Waals surface area contributed by atoms with Gasteiger partial charge in [0, 0.05) is 26.9 Å². The number of nitrogens with two attached hydrogens (primary N) is 1. The van der Waals surface area contributed by atoms with E-state index in [0.717, 1.165) is 15.9 Å². The van der Waals surface area contributed by atoms with Crippen molar-refractivity contribution in [1.82, 2.24) is 5.32 Å². The number of anilines is 1. The van der Waals surface area contributed by atoms with Crippen molar-refractivity contribution in [2.24, 2.45) is 0 Å². The van der Waals surface area contributed by atoms with Gasteiger partial charge in [0.25, 0.3) is 0 Å². The molecule has 0 aliphatic carbocycles. The van der Waals surface area contributed by atoms with Crippen molar-refractivity contribution >= 4 is 33.4 Å².